The average Bonchev–Trinajstić information content (AvgIpc) is 2.74. The summed E-state index contributed by atoms with van der Waals surface area (Å²) in [5, 5.41) is 13.6. The summed E-state index contributed by atoms with van der Waals surface area (Å²) in [6.07, 6.45) is 2.91. The molecule has 0 saturated heterocycles. The molecule has 2 aromatic rings. The van der Waals surface area contributed by atoms with Crippen LogP contribution in [-0.4, -0.2) is 49.6 Å². The number of carbonyl (C=O) groups excluding carboxylic acids is 1. The first-order chi connectivity index (χ1) is 14.5. The summed E-state index contributed by atoms with van der Waals surface area (Å²) < 4.78 is 11.3. The first-order valence-electron chi connectivity index (χ1n) is 10.0. The first-order valence-corrected chi connectivity index (χ1v) is 10.0. The molecule has 0 atom stereocenters. The minimum atomic E-state index is -0.384. The summed E-state index contributed by atoms with van der Waals surface area (Å²) >= 11 is 0. The zero-order valence-corrected chi connectivity index (χ0v) is 17.3. The molecule has 2 aromatic carbocycles. The van der Waals surface area contributed by atoms with Gasteiger partial charge in [-0.25, -0.2) is 0 Å². The van der Waals surface area contributed by atoms with E-state index in [-0.39, 0.29) is 16.5 Å². The summed E-state index contributed by atoms with van der Waals surface area (Å²) in [7, 11) is 3.63. The number of nitrogens with one attached hydrogen (secondary N) is 1. The van der Waals surface area contributed by atoms with Gasteiger partial charge in [-0.1, -0.05) is 12.1 Å². The lowest BCUT2D eigenvalue weighted by Crippen LogP contribution is -2.26. The third kappa shape index (κ3) is 5.48. The van der Waals surface area contributed by atoms with Crippen molar-refractivity contribution in [1.29, 1.82) is 0 Å². The van der Waals surface area contributed by atoms with Crippen LogP contribution < -0.4 is 14.8 Å². The molecule has 0 spiro atoms. The van der Waals surface area contributed by atoms with Crippen LogP contribution in [0.15, 0.2) is 36.4 Å². The topological polar surface area (TPSA) is 93.9 Å². The van der Waals surface area contributed by atoms with Gasteiger partial charge in [0.25, 0.3) is 5.69 Å². The van der Waals surface area contributed by atoms with Gasteiger partial charge in [0.1, 0.15) is 18.1 Å². The van der Waals surface area contributed by atoms with E-state index < -0.39 is 0 Å². The van der Waals surface area contributed by atoms with Crippen LogP contribution in [0.4, 0.5) is 11.4 Å². The Morgan fingerprint density at radius 3 is 2.53 bits per heavy atom. The number of methoxy groups -OCH3 is 1. The van der Waals surface area contributed by atoms with E-state index in [4.69, 9.17) is 9.47 Å². The van der Waals surface area contributed by atoms with E-state index in [9.17, 15) is 14.9 Å². The third-order valence-corrected chi connectivity index (χ3v) is 5.20. The molecule has 8 heteroatoms. The van der Waals surface area contributed by atoms with Crippen molar-refractivity contribution in [3.8, 4) is 11.5 Å². The maximum absolute atomic E-state index is 11.7. The molecular weight excluding hydrogens is 386 g/mol. The maximum Gasteiger partial charge on any atom is 0.269 e. The molecule has 1 aliphatic heterocycles. The van der Waals surface area contributed by atoms with Crippen LogP contribution in [0.1, 0.15) is 24.0 Å². The van der Waals surface area contributed by atoms with E-state index in [1.165, 1.54) is 0 Å². The fourth-order valence-corrected chi connectivity index (χ4v) is 3.50. The number of nitro groups is 1. The van der Waals surface area contributed by atoms with Gasteiger partial charge in [-0.05, 0) is 50.6 Å². The number of anilines is 1. The van der Waals surface area contributed by atoms with Crippen LogP contribution in [-0.2, 0) is 17.6 Å². The predicted molar refractivity (Wildman–Crippen MR) is 114 cm³/mol. The zero-order chi connectivity index (χ0) is 21.5. The number of ether oxygens (including phenoxy) is 2. The lowest BCUT2D eigenvalue weighted by molar-refractivity contribution is -0.384. The second kappa shape index (κ2) is 10.1. The van der Waals surface area contributed by atoms with Gasteiger partial charge in [0.15, 0.2) is 0 Å². The summed E-state index contributed by atoms with van der Waals surface area (Å²) in [4.78, 5) is 24.2. The van der Waals surface area contributed by atoms with E-state index in [0.29, 0.717) is 30.9 Å². The SMILES string of the molecule is COc1ccc(OCCN(C)CCCc2ccc([N+](=O)[O-])cc2)c2c1NC(=O)CC2. The second-order valence-corrected chi connectivity index (χ2v) is 7.35. The Hall–Kier alpha value is -3.13. The number of nitrogens with zero attached hydrogens (tertiary/aromatic N) is 2. The molecule has 0 bridgehead atoms. The number of nitro benzene ring substituents is 1. The van der Waals surface area contributed by atoms with Crippen molar-refractivity contribution in [2.45, 2.75) is 25.7 Å². The number of likely N-dealkylation sites (N-methyl/N-ethyl adjacent to an activating group) is 1. The summed E-state index contributed by atoms with van der Waals surface area (Å²) in [5.41, 5.74) is 2.91. The molecule has 160 valence electrons. The van der Waals surface area contributed by atoms with Gasteiger partial charge in [-0.2, -0.15) is 0 Å². The number of carbonyl (C=O) groups is 1. The number of hydrogen-bond donors (Lipinski definition) is 1. The van der Waals surface area contributed by atoms with Gasteiger partial charge in [-0.3, -0.25) is 14.9 Å². The van der Waals surface area contributed by atoms with Crippen molar-refractivity contribution in [2.24, 2.45) is 0 Å². The van der Waals surface area contributed by atoms with Crippen LogP contribution in [0.2, 0.25) is 0 Å². The average molecular weight is 413 g/mol. The van der Waals surface area contributed by atoms with Crippen molar-refractivity contribution in [2.75, 3.05) is 39.2 Å². The predicted octanol–water partition coefficient (Wildman–Crippen LogP) is 3.43. The number of amides is 1. The van der Waals surface area contributed by atoms with Gasteiger partial charge in [0.05, 0.1) is 17.7 Å². The van der Waals surface area contributed by atoms with E-state index in [1.807, 2.05) is 31.3 Å². The van der Waals surface area contributed by atoms with Crippen molar-refractivity contribution in [1.82, 2.24) is 4.90 Å². The monoisotopic (exact) mass is 413 g/mol. The lowest BCUT2D eigenvalue weighted by atomic mass is 10.0. The number of benzene rings is 2. The van der Waals surface area contributed by atoms with Gasteiger partial charge < -0.3 is 19.7 Å². The largest absolute Gasteiger partial charge is 0.495 e. The summed E-state index contributed by atoms with van der Waals surface area (Å²) in [5.74, 6) is 1.42. The molecule has 1 N–H and O–H groups in total. The van der Waals surface area contributed by atoms with Gasteiger partial charge in [0.2, 0.25) is 5.91 Å². The van der Waals surface area contributed by atoms with E-state index in [1.54, 1.807) is 19.2 Å². The van der Waals surface area contributed by atoms with Crippen LogP contribution in [0.5, 0.6) is 11.5 Å². The number of aryl methyl sites for hydroxylation is 1. The van der Waals surface area contributed by atoms with Crippen LogP contribution in [0, 0.1) is 10.1 Å². The second-order valence-electron chi connectivity index (χ2n) is 7.35. The first kappa shape index (κ1) is 21.6. The third-order valence-electron chi connectivity index (χ3n) is 5.20. The summed E-state index contributed by atoms with van der Waals surface area (Å²) in [6.45, 7) is 2.21. The van der Waals surface area contributed by atoms with Gasteiger partial charge in [-0.15, -0.1) is 0 Å². The molecule has 1 aliphatic rings. The zero-order valence-electron chi connectivity index (χ0n) is 17.3. The minimum absolute atomic E-state index is 0.00861. The molecule has 30 heavy (non-hydrogen) atoms. The molecule has 1 heterocycles. The lowest BCUT2D eigenvalue weighted by Gasteiger charge is -2.23. The smallest absolute Gasteiger partial charge is 0.269 e. The molecule has 0 radical (unpaired) electrons. The minimum Gasteiger partial charge on any atom is -0.495 e. The molecule has 0 aromatic heterocycles. The molecular formula is C22H27N3O5. The van der Waals surface area contributed by atoms with Crippen LogP contribution >= 0.6 is 0 Å². The van der Waals surface area contributed by atoms with E-state index in [0.717, 1.165) is 42.8 Å². The Labute approximate surface area is 175 Å². The van der Waals surface area contributed by atoms with Crippen LogP contribution in [0.3, 0.4) is 0 Å². The molecule has 0 saturated carbocycles. The van der Waals surface area contributed by atoms with Gasteiger partial charge in [0, 0.05) is 30.7 Å². The quantitative estimate of drug-likeness (QED) is 0.474. The highest BCUT2D eigenvalue weighted by Crippen LogP contribution is 2.38. The maximum atomic E-state index is 11.7. The molecule has 3 rings (SSSR count). The number of fused-ring (bicyclic) bond motifs is 1. The molecule has 0 fully saturated rings. The number of hydrogen-bond acceptors (Lipinski definition) is 6. The standard InChI is InChI=1S/C22H27N3O5/c1-24(13-3-4-16-5-7-17(8-6-16)25(27)28)14-15-30-19-10-11-20(29-2)22-18(19)9-12-21(26)23-22/h5-8,10-11H,3-4,9,12-15H2,1-2H3,(H,23,26). The molecule has 0 unspecified atom stereocenters. The molecule has 8 nitrogen and oxygen atoms in total. The van der Waals surface area contributed by atoms with E-state index in [2.05, 4.69) is 10.2 Å². The van der Waals surface area contributed by atoms with Crippen molar-refractivity contribution >= 4 is 17.3 Å². The van der Waals surface area contributed by atoms with Crippen LogP contribution in [0.25, 0.3) is 0 Å². The molecule has 1 amide bonds. The number of non-ortho nitro benzene ring substituents is 1. The van der Waals surface area contributed by atoms with E-state index >= 15 is 0 Å². The highest BCUT2D eigenvalue weighted by molar-refractivity contribution is 5.96. The molecule has 0 aliphatic carbocycles. The Balaban J connectivity index is 1.44. The van der Waals surface area contributed by atoms with Gasteiger partial charge >= 0.3 is 0 Å². The van der Waals surface area contributed by atoms with Crippen molar-refractivity contribution in [3.63, 3.8) is 0 Å². The fraction of sp³-hybridized carbons (Fsp3) is 0.409. The normalized spacial score (nSPS) is 13.0. The fourth-order valence-electron chi connectivity index (χ4n) is 3.50. The summed E-state index contributed by atoms with van der Waals surface area (Å²) in [6, 6.07) is 10.4. The Morgan fingerprint density at radius 2 is 1.83 bits per heavy atom. The highest BCUT2D eigenvalue weighted by Gasteiger charge is 2.22. The highest BCUT2D eigenvalue weighted by atomic mass is 16.6. The Kier molecular flexibility index (Phi) is 7.24. The Bertz CT molecular complexity index is 898. The number of rotatable bonds is 10. The van der Waals surface area contributed by atoms with Crippen molar-refractivity contribution < 1.29 is 19.2 Å². The van der Waals surface area contributed by atoms with Crippen molar-refractivity contribution in [3.05, 3.63) is 57.6 Å². The Morgan fingerprint density at radius 1 is 1.10 bits per heavy atom.